The number of ketones is 1. The Morgan fingerprint density at radius 3 is 2.55 bits per heavy atom. The molecule has 0 saturated carbocycles. The standard InChI is InChI=1S/C22H27N5O4/c1-5-18(28)17-11-15(12-27(17)6-2)22(20(30)26(3)21(23)25-22)14-8-7-9-16(10-14)24-19(29)13-31-4/h7-12H,5-6,13H2,1-4H3,(H2,23,25)(H,24,29). The summed E-state index contributed by atoms with van der Waals surface area (Å²) in [7, 11) is 2.99. The van der Waals surface area contributed by atoms with Gasteiger partial charge in [0.2, 0.25) is 5.91 Å². The van der Waals surface area contributed by atoms with Crippen LogP contribution in [0.4, 0.5) is 5.69 Å². The number of nitrogens with two attached hydrogens (primary N) is 1. The number of aromatic nitrogens is 1. The summed E-state index contributed by atoms with van der Waals surface area (Å²) in [6, 6.07) is 8.59. The van der Waals surface area contributed by atoms with E-state index in [-0.39, 0.29) is 30.2 Å². The second kappa shape index (κ2) is 8.73. The molecule has 9 nitrogen and oxygen atoms in total. The van der Waals surface area contributed by atoms with E-state index in [2.05, 4.69) is 10.3 Å². The first-order valence-corrected chi connectivity index (χ1v) is 10.0. The number of hydrogen-bond acceptors (Lipinski definition) is 6. The van der Waals surface area contributed by atoms with E-state index in [1.165, 1.54) is 12.0 Å². The predicted octanol–water partition coefficient (Wildman–Crippen LogP) is 1.72. The van der Waals surface area contributed by atoms with Crippen molar-refractivity contribution in [3.8, 4) is 0 Å². The lowest BCUT2D eigenvalue weighted by Gasteiger charge is -2.25. The Balaban J connectivity index is 2.18. The quantitative estimate of drug-likeness (QED) is 0.624. The molecule has 1 aliphatic heterocycles. The summed E-state index contributed by atoms with van der Waals surface area (Å²) in [5, 5.41) is 2.74. The molecular formula is C22H27N5O4. The highest BCUT2D eigenvalue weighted by atomic mass is 16.5. The lowest BCUT2D eigenvalue weighted by molar-refractivity contribution is -0.129. The highest BCUT2D eigenvalue weighted by Crippen LogP contribution is 2.41. The largest absolute Gasteiger partial charge is 0.375 e. The van der Waals surface area contributed by atoms with Crippen molar-refractivity contribution < 1.29 is 19.1 Å². The zero-order valence-electron chi connectivity index (χ0n) is 18.1. The van der Waals surface area contributed by atoms with Crippen molar-refractivity contribution in [1.29, 1.82) is 0 Å². The van der Waals surface area contributed by atoms with Crippen molar-refractivity contribution in [3.05, 3.63) is 53.3 Å². The Kier molecular flexibility index (Phi) is 6.26. The van der Waals surface area contributed by atoms with Gasteiger partial charge >= 0.3 is 0 Å². The predicted molar refractivity (Wildman–Crippen MR) is 117 cm³/mol. The highest BCUT2D eigenvalue weighted by Gasteiger charge is 2.50. The molecule has 31 heavy (non-hydrogen) atoms. The van der Waals surface area contributed by atoms with Gasteiger partial charge in [-0.05, 0) is 30.7 Å². The maximum absolute atomic E-state index is 13.5. The molecule has 0 fully saturated rings. The number of Topliss-reactive ketones (excluding diaryl/α,β-unsaturated/α-hetero) is 1. The Morgan fingerprint density at radius 2 is 1.97 bits per heavy atom. The highest BCUT2D eigenvalue weighted by molar-refractivity contribution is 6.09. The number of rotatable bonds is 8. The number of carbonyl (C=O) groups excluding carboxylic acids is 3. The summed E-state index contributed by atoms with van der Waals surface area (Å²) in [6.07, 6.45) is 2.11. The monoisotopic (exact) mass is 425 g/mol. The summed E-state index contributed by atoms with van der Waals surface area (Å²) in [6.45, 7) is 4.19. The lowest BCUT2D eigenvalue weighted by atomic mass is 9.83. The van der Waals surface area contributed by atoms with Crippen LogP contribution in [0, 0.1) is 0 Å². The second-order valence-electron chi connectivity index (χ2n) is 7.28. The first kappa shape index (κ1) is 22.2. The molecule has 3 N–H and O–H groups in total. The molecule has 9 heteroatoms. The first-order valence-electron chi connectivity index (χ1n) is 10.0. The van der Waals surface area contributed by atoms with Crippen molar-refractivity contribution in [3.63, 3.8) is 0 Å². The first-order chi connectivity index (χ1) is 14.8. The van der Waals surface area contributed by atoms with Crippen LogP contribution in [0.3, 0.4) is 0 Å². The average molecular weight is 425 g/mol. The number of methoxy groups -OCH3 is 1. The number of nitrogens with one attached hydrogen (secondary N) is 1. The molecule has 1 unspecified atom stereocenters. The number of aliphatic imine (C=N–C) groups is 1. The van der Waals surface area contributed by atoms with E-state index >= 15 is 0 Å². The second-order valence-corrected chi connectivity index (χ2v) is 7.28. The molecule has 0 radical (unpaired) electrons. The Hall–Kier alpha value is -3.46. The summed E-state index contributed by atoms with van der Waals surface area (Å²) in [5.74, 6) is -0.611. The minimum absolute atomic E-state index is 0.0282. The normalized spacial score (nSPS) is 18.3. The fourth-order valence-electron chi connectivity index (χ4n) is 3.72. The molecule has 2 aromatic rings. The van der Waals surface area contributed by atoms with Gasteiger partial charge in [-0.3, -0.25) is 19.3 Å². The van der Waals surface area contributed by atoms with Crippen LogP contribution < -0.4 is 11.1 Å². The smallest absolute Gasteiger partial charge is 0.266 e. The van der Waals surface area contributed by atoms with Crippen LogP contribution >= 0.6 is 0 Å². The SMILES string of the molecule is CCC(=O)c1cc(C2(c3cccc(NC(=O)COC)c3)N=C(N)N(C)C2=O)cn1CC. The number of ether oxygens (including phenoxy) is 1. The van der Waals surface area contributed by atoms with Crippen LogP contribution in [0.1, 0.15) is 41.9 Å². The molecule has 2 heterocycles. The number of guanidine groups is 1. The van der Waals surface area contributed by atoms with Gasteiger partial charge in [-0.25, -0.2) is 4.99 Å². The maximum atomic E-state index is 13.5. The molecule has 1 atom stereocenters. The van der Waals surface area contributed by atoms with Crippen LogP contribution in [-0.2, 0) is 26.4 Å². The molecule has 2 amide bonds. The molecule has 164 valence electrons. The van der Waals surface area contributed by atoms with Crippen LogP contribution in [0.15, 0.2) is 41.5 Å². The molecule has 0 aliphatic carbocycles. The number of likely N-dealkylation sites (N-methyl/N-ethyl adjacent to an activating group) is 1. The van der Waals surface area contributed by atoms with Crippen molar-refractivity contribution in [2.24, 2.45) is 10.7 Å². The number of aryl methyl sites for hydroxylation is 1. The zero-order valence-corrected chi connectivity index (χ0v) is 18.1. The topological polar surface area (TPSA) is 119 Å². The number of anilines is 1. The third-order valence-electron chi connectivity index (χ3n) is 5.34. The average Bonchev–Trinajstić information content (AvgIpc) is 3.29. The Morgan fingerprint density at radius 1 is 1.23 bits per heavy atom. The van der Waals surface area contributed by atoms with Crippen molar-refractivity contribution in [1.82, 2.24) is 9.47 Å². The van der Waals surface area contributed by atoms with Gasteiger partial charge in [-0.15, -0.1) is 0 Å². The molecule has 0 spiro atoms. The molecule has 0 bridgehead atoms. The van der Waals surface area contributed by atoms with Crippen LogP contribution in [0.5, 0.6) is 0 Å². The summed E-state index contributed by atoms with van der Waals surface area (Å²) < 4.78 is 6.67. The van der Waals surface area contributed by atoms with Gasteiger partial charge in [-0.1, -0.05) is 19.1 Å². The molecule has 0 saturated heterocycles. The van der Waals surface area contributed by atoms with Gasteiger partial charge in [-0.2, -0.15) is 0 Å². The van der Waals surface area contributed by atoms with E-state index in [0.29, 0.717) is 35.5 Å². The van der Waals surface area contributed by atoms with E-state index in [9.17, 15) is 14.4 Å². The van der Waals surface area contributed by atoms with Crippen molar-refractivity contribution in [2.45, 2.75) is 32.4 Å². The van der Waals surface area contributed by atoms with E-state index in [4.69, 9.17) is 10.5 Å². The van der Waals surface area contributed by atoms with Gasteiger partial charge in [0.05, 0.1) is 5.69 Å². The van der Waals surface area contributed by atoms with Crippen molar-refractivity contribution >= 4 is 29.2 Å². The fourth-order valence-corrected chi connectivity index (χ4v) is 3.72. The van der Waals surface area contributed by atoms with Gasteiger partial charge in [0.25, 0.3) is 5.91 Å². The van der Waals surface area contributed by atoms with Gasteiger partial charge in [0.15, 0.2) is 17.3 Å². The fraction of sp³-hybridized carbons (Fsp3) is 0.364. The van der Waals surface area contributed by atoms with Crippen LogP contribution in [0.25, 0.3) is 0 Å². The summed E-state index contributed by atoms with van der Waals surface area (Å²) >= 11 is 0. The van der Waals surface area contributed by atoms with Crippen LogP contribution in [0.2, 0.25) is 0 Å². The number of nitrogens with zero attached hydrogens (tertiary/aromatic N) is 3. The van der Waals surface area contributed by atoms with E-state index in [1.807, 2.05) is 11.5 Å². The van der Waals surface area contributed by atoms with Gasteiger partial charge in [0.1, 0.15) is 6.61 Å². The van der Waals surface area contributed by atoms with Gasteiger partial charge in [0, 0.05) is 44.6 Å². The van der Waals surface area contributed by atoms with E-state index in [1.54, 1.807) is 50.5 Å². The molecule has 1 aliphatic rings. The zero-order chi connectivity index (χ0) is 22.8. The van der Waals surface area contributed by atoms with E-state index < -0.39 is 5.54 Å². The lowest BCUT2D eigenvalue weighted by Crippen LogP contribution is -2.41. The molecule has 1 aromatic heterocycles. The van der Waals surface area contributed by atoms with Gasteiger partial charge < -0.3 is 20.4 Å². The number of hydrogen-bond donors (Lipinski definition) is 2. The molecule has 3 rings (SSSR count). The maximum Gasteiger partial charge on any atom is 0.266 e. The minimum Gasteiger partial charge on any atom is -0.375 e. The minimum atomic E-state index is -1.45. The summed E-state index contributed by atoms with van der Waals surface area (Å²) in [5.41, 5.74) is 6.67. The Labute approximate surface area is 180 Å². The third kappa shape index (κ3) is 3.84. The number of carbonyl (C=O) groups is 3. The number of amides is 2. The third-order valence-corrected chi connectivity index (χ3v) is 5.34. The van der Waals surface area contributed by atoms with Crippen molar-refractivity contribution in [2.75, 3.05) is 26.1 Å². The summed E-state index contributed by atoms with van der Waals surface area (Å²) in [4.78, 5) is 43.7. The number of benzene rings is 1. The molecule has 1 aromatic carbocycles. The molecular weight excluding hydrogens is 398 g/mol. The Bertz CT molecular complexity index is 1060. The van der Waals surface area contributed by atoms with E-state index in [0.717, 1.165) is 0 Å². The van der Waals surface area contributed by atoms with Crippen LogP contribution in [-0.4, -0.2) is 53.8 Å².